The molecule has 1 fully saturated rings. The van der Waals surface area contributed by atoms with Gasteiger partial charge in [0.1, 0.15) is 5.75 Å². The molecular weight excluding hydrogens is 254 g/mol. The molecule has 1 aliphatic carbocycles. The van der Waals surface area contributed by atoms with Crippen LogP contribution in [0.2, 0.25) is 0 Å². The van der Waals surface area contributed by atoms with Crippen LogP contribution < -0.4 is 4.74 Å². The third-order valence-corrected chi connectivity index (χ3v) is 4.24. The third kappa shape index (κ3) is 2.15. The first kappa shape index (κ1) is 13.0. The van der Waals surface area contributed by atoms with Gasteiger partial charge in [0.15, 0.2) is 0 Å². The Kier molecular flexibility index (Phi) is 3.16. The van der Waals surface area contributed by atoms with Gasteiger partial charge in [0.2, 0.25) is 0 Å². The second-order valence-electron chi connectivity index (χ2n) is 5.59. The lowest BCUT2D eigenvalue weighted by atomic mass is 9.88. The number of fused-ring (bicyclic) bond motifs is 1. The molecule has 1 saturated carbocycles. The van der Waals surface area contributed by atoms with Gasteiger partial charge in [-0.05, 0) is 42.4 Å². The summed E-state index contributed by atoms with van der Waals surface area (Å²) in [5.74, 6) is 0.745. The summed E-state index contributed by atoms with van der Waals surface area (Å²) in [7, 11) is 3.65. The number of rotatable bonds is 5. The Bertz CT molecular complexity index is 655. The van der Waals surface area contributed by atoms with E-state index in [0.717, 1.165) is 35.1 Å². The first-order valence-electron chi connectivity index (χ1n) is 6.95. The van der Waals surface area contributed by atoms with E-state index in [1.165, 1.54) is 0 Å². The predicted octanol–water partition coefficient (Wildman–Crippen LogP) is 3.16. The van der Waals surface area contributed by atoms with Crippen molar-refractivity contribution >= 4 is 16.9 Å². The number of nitrogens with zero attached hydrogens (tertiary/aromatic N) is 1. The van der Waals surface area contributed by atoms with Crippen molar-refractivity contribution < 1.29 is 14.6 Å². The van der Waals surface area contributed by atoms with E-state index in [0.29, 0.717) is 5.92 Å². The molecule has 0 spiro atoms. The Morgan fingerprint density at radius 1 is 1.45 bits per heavy atom. The molecule has 1 N–H and O–H groups in total. The number of carbonyl (C=O) groups is 1. The van der Waals surface area contributed by atoms with E-state index in [-0.39, 0.29) is 12.3 Å². The number of methoxy groups -OCH3 is 1. The summed E-state index contributed by atoms with van der Waals surface area (Å²) >= 11 is 0. The molecule has 2 aromatic rings. The molecule has 106 valence electrons. The van der Waals surface area contributed by atoms with E-state index in [4.69, 9.17) is 4.74 Å². The molecule has 4 heteroatoms. The summed E-state index contributed by atoms with van der Waals surface area (Å²) in [4.78, 5) is 11.1. The summed E-state index contributed by atoms with van der Waals surface area (Å²) in [5.41, 5.74) is 2.19. The Hall–Kier alpha value is -1.97. The number of carboxylic acid groups (broad SMARTS) is 1. The van der Waals surface area contributed by atoms with E-state index in [9.17, 15) is 9.90 Å². The number of aromatic nitrogens is 1. The minimum atomic E-state index is -0.721. The number of hydrogen-bond donors (Lipinski definition) is 1. The van der Waals surface area contributed by atoms with Crippen LogP contribution in [-0.4, -0.2) is 22.8 Å². The van der Waals surface area contributed by atoms with E-state index in [1.54, 1.807) is 7.11 Å². The van der Waals surface area contributed by atoms with Crippen molar-refractivity contribution in [2.75, 3.05) is 7.11 Å². The topological polar surface area (TPSA) is 51.5 Å². The van der Waals surface area contributed by atoms with Gasteiger partial charge >= 0.3 is 5.97 Å². The minimum Gasteiger partial charge on any atom is -0.495 e. The van der Waals surface area contributed by atoms with E-state index in [2.05, 4.69) is 6.07 Å². The summed E-state index contributed by atoms with van der Waals surface area (Å²) in [6, 6.07) is 6.05. The highest BCUT2D eigenvalue weighted by Gasteiger charge is 2.35. The van der Waals surface area contributed by atoms with Gasteiger partial charge in [-0.2, -0.15) is 0 Å². The molecule has 0 radical (unpaired) electrons. The number of aliphatic carboxylic acids is 1. The smallest absolute Gasteiger partial charge is 0.303 e. The summed E-state index contributed by atoms with van der Waals surface area (Å²) in [6.45, 7) is 0. The van der Waals surface area contributed by atoms with Gasteiger partial charge in [-0.25, -0.2) is 0 Å². The highest BCUT2D eigenvalue weighted by atomic mass is 16.5. The quantitative estimate of drug-likeness (QED) is 0.910. The first-order chi connectivity index (χ1) is 9.61. The van der Waals surface area contributed by atoms with Crippen LogP contribution >= 0.6 is 0 Å². The Labute approximate surface area is 118 Å². The summed E-state index contributed by atoms with van der Waals surface area (Å²) in [5, 5.41) is 10.3. The van der Waals surface area contributed by atoms with Crippen LogP contribution in [0.4, 0.5) is 0 Å². The maximum Gasteiger partial charge on any atom is 0.303 e. The molecule has 1 unspecified atom stereocenters. The number of hydrogen-bond acceptors (Lipinski definition) is 2. The number of benzene rings is 1. The number of ether oxygens (including phenoxy) is 1. The Morgan fingerprint density at radius 2 is 2.20 bits per heavy atom. The zero-order valence-electron chi connectivity index (χ0n) is 11.8. The molecule has 0 saturated heterocycles. The number of carboxylic acids is 1. The largest absolute Gasteiger partial charge is 0.495 e. The van der Waals surface area contributed by atoms with E-state index < -0.39 is 5.97 Å². The van der Waals surface area contributed by atoms with Gasteiger partial charge in [-0.15, -0.1) is 0 Å². The fraction of sp³-hybridized carbons (Fsp3) is 0.438. The van der Waals surface area contributed by atoms with Crippen LogP contribution in [0.15, 0.2) is 24.4 Å². The molecule has 0 bridgehead atoms. The van der Waals surface area contributed by atoms with Crippen LogP contribution in [0, 0.1) is 5.92 Å². The second-order valence-corrected chi connectivity index (χ2v) is 5.59. The maximum absolute atomic E-state index is 11.1. The van der Waals surface area contributed by atoms with Crippen LogP contribution in [0.25, 0.3) is 10.9 Å². The van der Waals surface area contributed by atoms with Crippen molar-refractivity contribution in [2.45, 2.75) is 25.2 Å². The normalized spacial score (nSPS) is 16.3. The Morgan fingerprint density at radius 3 is 2.80 bits per heavy atom. The highest BCUT2D eigenvalue weighted by molar-refractivity contribution is 5.90. The molecule has 0 amide bonds. The lowest BCUT2D eigenvalue weighted by Crippen LogP contribution is -2.09. The second kappa shape index (κ2) is 4.85. The van der Waals surface area contributed by atoms with Gasteiger partial charge in [0.25, 0.3) is 0 Å². The molecule has 0 aliphatic heterocycles. The summed E-state index contributed by atoms with van der Waals surface area (Å²) < 4.78 is 7.45. The predicted molar refractivity (Wildman–Crippen MR) is 77.2 cm³/mol. The van der Waals surface area contributed by atoms with Gasteiger partial charge in [-0.1, -0.05) is 6.07 Å². The maximum atomic E-state index is 11.1. The molecule has 1 heterocycles. The van der Waals surface area contributed by atoms with Crippen LogP contribution in [0.5, 0.6) is 5.75 Å². The standard InChI is InChI=1S/C16H19NO3/c1-17-8-7-12-11(5-6-14(20-2)16(12)17)13(9-15(18)19)10-3-4-10/h5-8,10,13H,3-4,9H2,1-2H3,(H,18,19). The van der Waals surface area contributed by atoms with Gasteiger partial charge in [0, 0.05) is 18.6 Å². The lowest BCUT2D eigenvalue weighted by Gasteiger charge is -2.17. The molecule has 20 heavy (non-hydrogen) atoms. The van der Waals surface area contributed by atoms with Crippen molar-refractivity contribution in [3.8, 4) is 5.75 Å². The SMILES string of the molecule is COc1ccc(C(CC(=O)O)C2CC2)c2ccn(C)c12. The van der Waals surface area contributed by atoms with Crippen molar-refractivity contribution in [3.63, 3.8) is 0 Å². The van der Waals surface area contributed by atoms with Gasteiger partial charge in [-0.3, -0.25) is 4.79 Å². The van der Waals surface area contributed by atoms with Gasteiger partial charge < -0.3 is 14.4 Å². The lowest BCUT2D eigenvalue weighted by molar-refractivity contribution is -0.137. The van der Waals surface area contributed by atoms with E-state index in [1.807, 2.05) is 29.9 Å². The number of aryl methyl sites for hydroxylation is 1. The van der Waals surface area contributed by atoms with Crippen LogP contribution in [-0.2, 0) is 11.8 Å². The molecule has 1 aromatic carbocycles. The zero-order valence-corrected chi connectivity index (χ0v) is 11.8. The molecule has 1 aliphatic rings. The van der Waals surface area contributed by atoms with Crippen molar-refractivity contribution in [1.82, 2.24) is 4.57 Å². The van der Waals surface area contributed by atoms with Crippen molar-refractivity contribution in [2.24, 2.45) is 13.0 Å². The zero-order chi connectivity index (χ0) is 14.3. The fourth-order valence-electron chi connectivity index (χ4n) is 3.11. The van der Waals surface area contributed by atoms with Crippen molar-refractivity contribution in [1.29, 1.82) is 0 Å². The monoisotopic (exact) mass is 273 g/mol. The first-order valence-corrected chi connectivity index (χ1v) is 6.95. The molecular formula is C16H19NO3. The van der Waals surface area contributed by atoms with Crippen molar-refractivity contribution in [3.05, 3.63) is 30.0 Å². The van der Waals surface area contributed by atoms with Crippen LogP contribution in [0.3, 0.4) is 0 Å². The fourth-order valence-corrected chi connectivity index (χ4v) is 3.11. The molecule has 3 rings (SSSR count). The minimum absolute atomic E-state index is 0.114. The third-order valence-electron chi connectivity index (χ3n) is 4.24. The van der Waals surface area contributed by atoms with Crippen LogP contribution in [0.1, 0.15) is 30.7 Å². The Balaban J connectivity index is 2.13. The summed E-state index contributed by atoms with van der Waals surface area (Å²) in [6.07, 6.45) is 4.49. The van der Waals surface area contributed by atoms with E-state index >= 15 is 0 Å². The average molecular weight is 273 g/mol. The molecule has 1 atom stereocenters. The highest BCUT2D eigenvalue weighted by Crippen LogP contribution is 2.47. The van der Waals surface area contributed by atoms with Gasteiger partial charge in [0.05, 0.1) is 19.0 Å². The average Bonchev–Trinajstić information content (AvgIpc) is 3.19. The molecule has 1 aromatic heterocycles. The molecule has 4 nitrogen and oxygen atoms in total.